The predicted octanol–water partition coefficient (Wildman–Crippen LogP) is 4.23. The molecule has 0 spiro atoms. The maximum absolute atomic E-state index is 3.73. The number of nitrogens with zero attached hydrogens (tertiary/aromatic N) is 10. The first-order valence-corrected chi connectivity index (χ1v) is 8.11. The van der Waals surface area contributed by atoms with E-state index < -0.39 is 0 Å². The van der Waals surface area contributed by atoms with Crippen molar-refractivity contribution in [3.05, 3.63) is 47.3 Å². The maximum Gasteiger partial charge on any atom is 0.0805 e. The topological polar surface area (TPSA) is 111 Å². The molecule has 0 fully saturated rings. The Bertz CT molecular complexity index is 675. The lowest BCUT2D eigenvalue weighted by atomic mass is 10.5. The van der Waals surface area contributed by atoms with Crippen LogP contribution >= 0.6 is 0 Å². The molecule has 28 heavy (non-hydrogen) atoms. The van der Waals surface area contributed by atoms with Crippen LogP contribution in [0.4, 0.5) is 0 Å². The normalized spacial score (nSPS) is 12.6. The molecule has 2 aliphatic heterocycles. The van der Waals surface area contributed by atoms with Crippen LogP contribution in [0.5, 0.6) is 0 Å². The molecule has 0 radical (unpaired) electrons. The Kier molecular flexibility index (Phi) is 14.6. The first-order chi connectivity index (χ1) is 12.4. The zero-order valence-electron chi connectivity index (χ0n) is 16.2. The largest absolute Gasteiger partial charge is 0.255 e. The second-order valence-corrected chi connectivity index (χ2v) is 5.61. The Morgan fingerprint density at radius 3 is 1.11 bits per heavy atom. The monoisotopic (exact) mass is 390 g/mol. The highest BCUT2D eigenvalue weighted by atomic mass is 15.4. The van der Waals surface area contributed by atoms with Gasteiger partial charge in [-0.25, -0.2) is 0 Å². The van der Waals surface area contributed by atoms with Crippen molar-refractivity contribution in [2.75, 3.05) is 13.1 Å². The maximum atomic E-state index is 3.73. The highest BCUT2D eigenvalue weighted by Crippen LogP contribution is 2.01. The molecule has 4 rings (SSSR count). The van der Waals surface area contributed by atoms with Gasteiger partial charge < -0.3 is 0 Å². The van der Waals surface area contributed by atoms with E-state index in [1.807, 2.05) is 66.3 Å². The van der Waals surface area contributed by atoms with Crippen LogP contribution in [0.1, 0.15) is 40.1 Å². The molecule has 2 aromatic rings. The molecule has 2 aliphatic rings. The minimum Gasteiger partial charge on any atom is -0.255 e. The third-order valence-corrected chi connectivity index (χ3v) is 2.83. The molecule has 0 aliphatic carbocycles. The second kappa shape index (κ2) is 15.1. The summed E-state index contributed by atoms with van der Waals surface area (Å²) in [6.45, 7) is 9.27. The zero-order chi connectivity index (χ0) is 19.4. The van der Waals surface area contributed by atoms with Gasteiger partial charge in [0.25, 0.3) is 0 Å². The van der Waals surface area contributed by atoms with Crippen molar-refractivity contribution < 1.29 is 0 Å². The number of rotatable bonds is 0. The Morgan fingerprint density at radius 2 is 1.04 bits per heavy atom. The summed E-state index contributed by atoms with van der Waals surface area (Å²) < 4.78 is 3.35. The van der Waals surface area contributed by atoms with Crippen molar-refractivity contribution in [2.45, 2.75) is 42.5 Å². The Balaban J connectivity index is 0. The Morgan fingerprint density at radius 1 is 0.679 bits per heavy atom. The van der Waals surface area contributed by atoms with Crippen LogP contribution in [-0.2, 0) is 14.1 Å². The number of aromatic nitrogens is 6. The van der Waals surface area contributed by atoms with E-state index in [2.05, 4.69) is 41.1 Å². The molecule has 156 valence electrons. The first-order valence-electron chi connectivity index (χ1n) is 8.11. The van der Waals surface area contributed by atoms with Gasteiger partial charge in [0.1, 0.15) is 0 Å². The molecule has 0 amide bonds. The van der Waals surface area contributed by atoms with Gasteiger partial charge in [-0.1, -0.05) is 25.3 Å². The number of hydrogen-bond acceptors (Lipinski definition) is 8. The molecule has 0 bridgehead atoms. The van der Waals surface area contributed by atoms with E-state index in [0.29, 0.717) is 0 Å². The lowest BCUT2D eigenvalue weighted by Gasteiger charge is -1.75. The summed E-state index contributed by atoms with van der Waals surface area (Å²) in [6, 6.07) is 0. The number of hydrogen-bond donors (Lipinski definition) is 0. The summed E-state index contributed by atoms with van der Waals surface area (Å²) in [5, 5.41) is 29.7. The summed E-state index contributed by atoms with van der Waals surface area (Å²) in [6.07, 6.45) is 7.69. The molecule has 0 N–H and O–H groups in total. The highest BCUT2D eigenvalue weighted by Gasteiger charge is 1.88. The van der Waals surface area contributed by atoms with Gasteiger partial charge >= 0.3 is 0 Å². The lowest BCUT2D eigenvalue weighted by molar-refractivity contribution is 0.714. The standard InChI is InChI=1S/2C4H7N3.2C4H6N2.2CH4/c2*1-4-3-7(2)6-5-4;2*1-4-2-3-5-6-4;;/h2*3H,1-2H3;2*2H,3H2,1H3;2*1H4. The van der Waals surface area contributed by atoms with Crippen molar-refractivity contribution >= 4 is 0 Å². The summed E-state index contributed by atoms with van der Waals surface area (Å²) in [4.78, 5) is 0. The number of allylic oxidation sites excluding steroid dienone is 2. The molecule has 10 heteroatoms. The first kappa shape index (κ1) is 27.2. The van der Waals surface area contributed by atoms with E-state index in [0.717, 1.165) is 35.9 Å². The molecular weight excluding hydrogens is 356 g/mol. The fraction of sp³-hybridized carbons (Fsp3) is 0.556. The van der Waals surface area contributed by atoms with Crippen LogP contribution in [0, 0.1) is 13.8 Å². The van der Waals surface area contributed by atoms with Gasteiger partial charge in [0.2, 0.25) is 0 Å². The van der Waals surface area contributed by atoms with E-state index in [-0.39, 0.29) is 14.9 Å². The highest BCUT2D eigenvalue weighted by molar-refractivity contribution is 5.00. The summed E-state index contributed by atoms with van der Waals surface area (Å²) in [7, 11) is 3.69. The van der Waals surface area contributed by atoms with Crippen molar-refractivity contribution in [3.8, 4) is 0 Å². The minimum absolute atomic E-state index is 0. The molecule has 0 unspecified atom stereocenters. The van der Waals surface area contributed by atoms with E-state index in [1.165, 1.54) is 0 Å². The van der Waals surface area contributed by atoms with Gasteiger partial charge in [0.05, 0.1) is 35.9 Å². The average Bonchev–Trinajstić information content (AvgIpc) is 3.36. The van der Waals surface area contributed by atoms with Crippen molar-refractivity contribution in [1.82, 2.24) is 30.0 Å². The van der Waals surface area contributed by atoms with Crippen molar-refractivity contribution in [1.29, 1.82) is 0 Å². The quantitative estimate of drug-likeness (QED) is 0.670. The smallest absolute Gasteiger partial charge is 0.0805 e. The SMILES string of the molecule is C.C.CC1=CCN=N1.CC1=CCN=N1.Cc1cn(C)nn1.Cc1cn(C)nn1. The fourth-order valence-electron chi connectivity index (χ4n) is 1.66. The predicted molar refractivity (Wildman–Crippen MR) is 112 cm³/mol. The van der Waals surface area contributed by atoms with E-state index in [4.69, 9.17) is 0 Å². The van der Waals surface area contributed by atoms with Gasteiger partial charge in [-0.15, -0.1) is 10.2 Å². The molecule has 0 aromatic carbocycles. The molecule has 0 saturated heterocycles. The third-order valence-electron chi connectivity index (χ3n) is 2.83. The van der Waals surface area contributed by atoms with Crippen LogP contribution in [0.15, 0.2) is 56.4 Å². The molecule has 0 saturated carbocycles. The van der Waals surface area contributed by atoms with Crippen LogP contribution < -0.4 is 0 Å². The lowest BCUT2D eigenvalue weighted by Crippen LogP contribution is -1.85. The second-order valence-electron chi connectivity index (χ2n) is 5.61. The van der Waals surface area contributed by atoms with Crippen molar-refractivity contribution in [2.24, 2.45) is 34.6 Å². The summed E-state index contributed by atoms with van der Waals surface area (Å²) in [5.41, 5.74) is 4.00. The zero-order valence-corrected chi connectivity index (χ0v) is 16.2. The van der Waals surface area contributed by atoms with Gasteiger partial charge in [0, 0.05) is 26.5 Å². The minimum atomic E-state index is 0. The third kappa shape index (κ3) is 13.2. The van der Waals surface area contributed by atoms with Gasteiger partial charge in [0.15, 0.2) is 0 Å². The Labute approximate surface area is 168 Å². The van der Waals surface area contributed by atoms with Crippen LogP contribution in [0.2, 0.25) is 0 Å². The Hall–Kier alpha value is -3.04. The summed E-state index contributed by atoms with van der Waals surface area (Å²) in [5.74, 6) is 0. The van der Waals surface area contributed by atoms with Crippen LogP contribution in [0.25, 0.3) is 0 Å². The van der Waals surface area contributed by atoms with E-state index in [1.54, 1.807) is 9.36 Å². The summed E-state index contributed by atoms with van der Waals surface area (Å²) >= 11 is 0. The van der Waals surface area contributed by atoms with Crippen molar-refractivity contribution in [3.63, 3.8) is 0 Å². The van der Waals surface area contributed by atoms with Gasteiger partial charge in [-0.2, -0.15) is 20.5 Å². The molecule has 10 nitrogen and oxygen atoms in total. The van der Waals surface area contributed by atoms with Crippen LogP contribution in [0.3, 0.4) is 0 Å². The van der Waals surface area contributed by atoms with E-state index >= 15 is 0 Å². The number of aryl methyl sites for hydroxylation is 4. The number of azo groups is 2. The van der Waals surface area contributed by atoms with E-state index in [9.17, 15) is 0 Å². The van der Waals surface area contributed by atoms with Gasteiger partial charge in [-0.3, -0.25) is 9.36 Å². The molecule has 0 atom stereocenters. The molecular formula is C18H34N10. The molecule has 4 heterocycles. The molecule has 2 aromatic heterocycles. The van der Waals surface area contributed by atoms with Gasteiger partial charge in [-0.05, 0) is 39.8 Å². The van der Waals surface area contributed by atoms with Crippen LogP contribution in [-0.4, -0.2) is 43.1 Å². The average molecular weight is 391 g/mol. The fourth-order valence-corrected chi connectivity index (χ4v) is 1.66.